The highest BCUT2D eigenvalue weighted by Gasteiger charge is 2.61. The molecule has 4 N–H and O–H groups in total. The quantitative estimate of drug-likeness (QED) is 0.220. The molecule has 16 heteroatoms. The highest BCUT2D eigenvalue weighted by molar-refractivity contribution is 7.13. The van der Waals surface area contributed by atoms with Gasteiger partial charge in [0.1, 0.15) is 35.0 Å². The van der Waals surface area contributed by atoms with Crippen LogP contribution < -0.4 is 26.2 Å². The zero-order valence-corrected chi connectivity index (χ0v) is 30.3. The lowest BCUT2D eigenvalue weighted by molar-refractivity contribution is -0.141. The number of hydrogen-bond donors (Lipinski definition) is 4. The van der Waals surface area contributed by atoms with Crippen molar-refractivity contribution in [3.63, 3.8) is 0 Å². The van der Waals surface area contributed by atoms with E-state index in [-0.39, 0.29) is 31.2 Å². The number of ether oxygens (including phenoxy) is 3. The number of aromatic nitrogens is 2. The Labute approximate surface area is 304 Å². The number of thiophene rings is 1. The molecule has 0 radical (unpaired) electrons. The van der Waals surface area contributed by atoms with Gasteiger partial charge in [0.05, 0.1) is 29.6 Å². The first-order valence-electron chi connectivity index (χ1n) is 17.3. The minimum Gasteiger partial charge on any atom is -0.471 e. The lowest BCUT2D eigenvalue weighted by Gasteiger charge is -2.30. The Kier molecular flexibility index (Phi) is 10.6. The van der Waals surface area contributed by atoms with E-state index in [1.54, 1.807) is 20.8 Å². The molecule has 52 heavy (non-hydrogen) atoms. The molecule has 3 aliphatic rings. The Morgan fingerprint density at radius 1 is 1.02 bits per heavy atom. The number of carbonyl (C=O) groups excluding carboxylic acids is 5. The third kappa shape index (κ3) is 8.27. The third-order valence-corrected chi connectivity index (χ3v) is 10.00. The monoisotopic (exact) mass is 733 g/mol. The highest BCUT2D eigenvalue weighted by Crippen LogP contribution is 2.45. The first kappa shape index (κ1) is 36.5. The minimum atomic E-state index is -1.38. The third-order valence-electron chi connectivity index (χ3n) is 9.12. The number of carbonyl (C=O) groups is 5. The normalized spacial score (nSPS) is 25.4. The fourth-order valence-electron chi connectivity index (χ4n) is 6.51. The molecule has 0 bridgehead atoms. The lowest BCUT2D eigenvalue weighted by atomic mass is 10.0. The van der Waals surface area contributed by atoms with Crippen molar-refractivity contribution >= 4 is 52.3 Å². The van der Waals surface area contributed by atoms with E-state index >= 15 is 0 Å². The van der Waals surface area contributed by atoms with E-state index in [0.29, 0.717) is 42.4 Å². The standard InChI is InChI=1S/C36H43N7O8S/c1-35(2,3)51-33(47)39-25-15-8-6-5-7-12-21-19-36(21,32(46)41-42-34(48)49-4)40-29(44)26-18-22(20-43(26)31(25)45)50-30-28(27-16-11-17-52-27)37-23-13-9-10-14-24(23)38-30/h7,9-14,16-17,21-22,25-26H,5-6,8,15,18-20H2,1-4H3,(H,39,47)(H,40,44)(H,41,46)(H,42,48)/b12-7-/t21-,22-,25+,26+,36-/m1/s1. The number of methoxy groups -OCH3 is 1. The average Bonchev–Trinajstić information content (AvgIpc) is 3.41. The number of amides is 5. The maximum Gasteiger partial charge on any atom is 0.425 e. The molecule has 5 amide bonds. The highest BCUT2D eigenvalue weighted by atomic mass is 32.1. The van der Waals surface area contributed by atoms with Crippen LogP contribution in [-0.4, -0.2) is 87.8 Å². The number of rotatable bonds is 5. The molecule has 0 unspecified atom stereocenters. The SMILES string of the molecule is COC(=O)NNC(=O)[C@@]12C[C@H]1/C=C\CCCC[C@H](NC(=O)OC(C)(C)C)C(=O)N1C[C@H](Oc3nc4ccccc4nc3-c3cccs3)C[C@H]1C(=O)N2. The second-order valence-corrected chi connectivity index (χ2v) is 15.0. The van der Waals surface area contributed by atoms with Crippen molar-refractivity contribution in [1.29, 1.82) is 0 Å². The Balaban J connectivity index is 1.32. The van der Waals surface area contributed by atoms with Gasteiger partial charge >= 0.3 is 12.2 Å². The number of hydrazine groups is 1. The number of hydrogen-bond acceptors (Lipinski definition) is 11. The molecule has 5 atom stereocenters. The molecule has 2 fully saturated rings. The summed E-state index contributed by atoms with van der Waals surface area (Å²) in [5.41, 5.74) is 4.17. The first-order chi connectivity index (χ1) is 24.9. The van der Waals surface area contributed by atoms with Gasteiger partial charge in [0.25, 0.3) is 5.91 Å². The number of alkyl carbamates (subject to hydrolysis) is 1. The van der Waals surface area contributed by atoms with Crippen LogP contribution in [0.15, 0.2) is 53.9 Å². The summed E-state index contributed by atoms with van der Waals surface area (Å²) < 4.78 is 16.6. The maximum atomic E-state index is 14.4. The van der Waals surface area contributed by atoms with E-state index in [1.807, 2.05) is 53.9 Å². The molecule has 2 aliphatic heterocycles. The molecule has 4 heterocycles. The molecule has 3 aromatic rings. The molecule has 2 aromatic heterocycles. The summed E-state index contributed by atoms with van der Waals surface area (Å²) in [7, 11) is 1.16. The maximum absolute atomic E-state index is 14.4. The molecule has 15 nitrogen and oxygen atoms in total. The lowest BCUT2D eigenvalue weighted by Crippen LogP contribution is -2.59. The van der Waals surface area contributed by atoms with E-state index in [1.165, 1.54) is 16.2 Å². The van der Waals surface area contributed by atoms with Gasteiger partial charge in [-0.15, -0.1) is 11.3 Å². The number of para-hydroxylation sites is 2. The molecular weight excluding hydrogens is 691 g/mol. The molecule has 1 aromatic carbocycles. The van der Waals surface area contributed by atoms with Gasteiger partial charge in [-0.05, 0) is 70.0 Å². The van der Waals surface area contributed by atoms with Gasteiger partial charge in [-0.3, -0.25) is 19.8 Å². The van der Waals surface area contributed by atoms with Crippen LogP contribution in [0.4, 0.5) is 9.59 Å². The van der Waals surface area contributed by atoms with Crippen molar-refractivity contribution in [3.8, 4) is 16.5 Å². The van der Waals surface area contributed by atoms with Gasteiger partial charge in [-0.2, -0.15) is 0 Å². The van der Waals surface area contributed by atoms with Crippen LogP contribution in [0.5, 0.6) is 5.88 Å². The number of benzene rings is 1. The Morgan fingerprint density at radius 3 is 2.50 bits per heavy atom. The summed E-state index contributed by atoms with van der Waals surface area (Å²) in [6.45, 7) is 5.19. The summed E-state index contributed by atoms with van der Waals surface area (Å²) in [6.07, 6.45) is 4.11. The topological polar surface area (TPSA) is 190 Å². The predicted molar refractivity (Wildman–Crippen MR) is 191 cm³/mol. The molecule has 1 saturated heterocycles. The smallest absolute Gasteiger partial charge is 0.425 e. The van der Waals surface area contributed by atoms with Crippen molar-refractivity contribution in [2.45, 2.75) is 88.6 Å². The number of nitrogens with zero attached hydrogens (tertiary/aromatic N) is 3. The second-order valence-electron chi connectivity index (χ2n) is 14.1. The van der Waals surface area contributed by atoms with Crippen molar-refractivity contribution in [3.05, 3.63) is 53.9 Å². The van der Waals surface area contributed by atoms with Crippen molar-refractivity contribution in [1.82, 2.24) is 36.4 Å². The number of fused-ring (bicyclic) bond motifs is 3. The van der Waals surface area contributed by atoms with Crippen LogP contribution in [-0.2, 0) is 23.9 Å². The summed E-state index contributed by atoms with van der Waals surface area (Å²) >= 11 is 1.48. The van der Waals surface area contributed by atoms with Gasteiger partial charge in [0.2, 0.25) is 17.7 Å². The fourth-order valence-corrected chi connectivity index (χ4v) is 7.21. The van der Waals surface area contributed by atoms with Crippen LogP contribution in [0.1, 0.15) is 59.3 Å². The summed E-state index contributed by atoms with van der Waals surface area (Å²) in [6, 6.07) is 9.16. The van der Waals surface area contributed by atoms with Crippen LogP contribution in [0.3, 0.4) is 0 Å². The molecular formula is C36H43N7O8S. The molecule has 1 saturated carbocycles. The minimum absolute atomic E-state index is 0.00572. The van der Waals surface area contributed by atoms with E-state index in [2.05, 4.69) is 26.2 Å². The zero-order chi connectivity index (χ0) is 37.0. The Hall–Kier alpha value is -5.25. The first-order valence-corrected chi connectivity index (χ1v) is 18.2. The number of nitrogens with one attached hydrogen (secondary N) is 4. The molecule has 0 spiro atoms. The summed E-state index contributed by atoms with van der Waals surface area (Å²) in [5.74, 6) is -1.79. The van der Waals surface area contributed by atoms with Gasteiger partial charge < -0.3 is 29.7 Å². The van der Waals surface area contributed by atoms with Crippen LogP contribution in [0.25, 0.3) is 21.6 Å². The second kappa shape index (κ2) is 15.2. The number of allylic oxidation sites excluding steroid dienone is 1. The van der Waals surface area contributed by atoms with E-state index in [4.69, 9.17) is 19.4 Å². The summed E-state index contributed by atoms with van der Waals surface area (Å²) in [4.78, 5) is 78.7. The van der Waals surface area contributed by atoms with Crippen molar-refractivity contribution in [2.75, 3.05) is 13.7 Å². The zero-order valence-electron chi connectivity index (χ0n) is 29.5. The Bertz CT molecular complexity index is 1860. The fraction of sp³-hybridized carbons (Fsp3) is 0.472. The van der Waals surface area contributed by atoms with Gasteiger partial charge in [-0.1, -0.05) is 36.8 Å². The largest absolute Gasteiger partial charge is 0.471 e. The van der Waals surface area contributed by atoms with Crippen LogP contribution in [0, 0.1) is 5.92 Å². The molecule has 276 valence electrons. The van der Waals surface area contributed by atoms with E-state index in [9.17, 15) is 24.0 Å². The van der Waals surface area contributed by atoms with Crippen LogP contribution in [0.2, 0.25) is 0 Å². The predicted octanol–water partition coefficient (Wildman–Crippen LogP) is 3.99. The van der Waals surface area contributed by atoms with Gasteiger partial charge in [0, 0.05) is 12.3 Å². The Morgan fingerprint density at radius 2 is 1.79 bits per heavy atom. The van der Waals surface area contributed by atoms with E-state index < -0.39 is 59.2 Å². The van der Waals surface area contributed by atoms with Gasteiger partial charge in [0.15, 0.2) is 0 Å². The van der Waals surface area contributed by atoms with Crippen molar-refractivity contribution < 1.29 is 38.2 Å². The average molecular weight is 734 g/mol. The molecule has 1 aliphatic carbocycles. The van der Waals surface area contributed by atoms with Crippen LogP contribution >= 0.6 is 11.3 Å². The molecule has 6 rings (SSSR count). The van der Waals surface area contributed by atoms with E-state index in [0.717, 1.165) is 12.0 Å². The summed E-state index contributed by atoms with van der Waals surface area (Å²) in [5, 5.41) is 7.57. The van der Waals surface area contributed by atoms with Gasteiger partial charge in [-0.25, -0.2) is 25.0 Å². The van der Waals surface area contributed by atoms with Crippen molar-refractivity contribution in [2.24, 2.45) is 5.92 Å².